The fourth-order valence-electron chi connectivity index (χ4n) is 1.76. The fraction of sp³-hybridized carbons (Fsp3) is 0.667. The van der Waals surface area contributed by atoms with Crippen molar-refractivity contribution in [3.63, 3.8) is 0 Å². The second kappa shape index (κ2) is 4.57. The lowest BCUT2D eigenvalue weighted by atomic mass is 10.2. The monoisotopic (exact) mass is 226 g/mol. The first-order valence-electron chi connectivity index (χ1n) is 5.16. The Morgan fingerprint density at radius 3 is 2.47 bits per heavy atom. The number of carbonyl (C=O) groups is 1. The molecular weight excluding hydrogens is 212 g/mol. The van der Waals surface area contributed by atoms with Gasteiger partial charge in [0.25, 0.3) is 5.91 Å². The number of rotatable bonds is 1. The molecule has 2 heterocycles. The Hall–Kier alpha value is -1.17. The van der Waals surface area contributed by atoms with Crippen molar-refractivity contribution in [3.8, 4) is 0 Å². The van der Waals surface area contributed by atoms with Gasteiger partial charge in [-0.05, 0) is 24.4 Å². The SMILES string of the molecule is Nc1nnsc1C(=O)N1CCCCCC1. The van der Waals surface area contributed by atoms with Gasteiger partial charge in [-0.3, -0.25) is 4.79 Å². The van der Waals surface area contributed by atoms with Gasteiger partial charge < -0.3 is 10.6 Å². The second-order valence-corrected chi connectivity index (χ2v) is 4.45. The van der Waals surface area contributed by atoms with Crippen molar-refractivity contribution in [1.29, 1.82) is 0 Å². The highest BCUT2D eigenvalue weighted by molar-refractivity contribution is 7.08. The smallest absolute Gasteiger partial charge is 0.269 e. The number of hydrogen-bond donors (Lipinski definition) is 1. The maximum Gasteiger partial charge on any atom is 0.269 e. The number of hydrogen-bond acceptors (Lipinski definition) is 5. The summed E-state index contributed by atoms with van der Waals surface area (Å²) in [6.07, 6.45) is 4.58. The van der Waals surface area contributed by atoms with Gasteiger partial charge in [-0.25, -0.2) is 0 Å². The van der Waals surface area contributed by atoms with Crippen molar-refractivity contribution < 1.29 is 4.79 Å². The summed E-state index contributed by atoms with van der Waals surface area (Å²) in [5, 5.41) is 3.65. The van der Waals surface area contributed by atoms with Gasteiger partial charge >= 0.3 is 0 Å². The summed E-state index contributed by atoms with van der Waals surface area (Å²) in [7, 11) is 0. The maximum atomic E-state index is 12.0. The summed E-state index contributed by atoms with van der Waals surface area (Å²) in [6.45, 7) is 1.66. The average molecular weight is 226 g/mol. The van der Waals surface area contributed by atoms with Crippen molar-refractivity contribution in [2.24, 2.45) is 0 Å². The van der Waals surface area contributed by atoms with Crippen LogP contribution in [-0.4, -0.2) is 33.5 Å². The molecular formula is C9H14N4OS. The maximum absolute atomic E-state index is 12.0. The third-order valence-electron chi connectivity index (χ3n) is 2.60. The number of amides is 1. The van der Waals surface area contributed by atoms with Crippen molar-refractivity contribution in [2.45, 2.75) is 25.7 Å². The van der Waals surface area contributed by atoms with E-state index in [0.717, 1.165) is 37.5 Å². The molecule has 82 valence electrons. The largest absolute Gasteiger partial charge is 0.381 e. The molecule has 1 amide bonds. The molecule has 1 aromatic rings. The Morgan fingerprint density at radius 1 is 1.27 bits per heavy atom. The van der Waals surface area contributed by atoms with Crippen LogP contribution in [0.15, 0.2) is 0 Å². The van der Waals surface area contributed by atoms with Crippen molar-refractivity contribution in [2.75, 3.05) is 18.8 Å². The first kappa shape index (κ1) is 10.4. The van der Waals surface area contributed by atoms with Gasteiger partial charge in [-0.1, -0.05) is 17.3 Å². The molecule has 6 heteroatoms. The van der Waals surface area contributed by atoms with Crippen LogP contribution in [0.4, 0.5) is 5.82 Å². The summed E-state index contributed by atoms with van der Waals surface area (Å²) in [6, 6.07) is 0. The van der Waals surface area contributed by atoms with Gasteiger partial charge in [-0.2, -0.15) is 0 Å². The van der Waals surface area contributed by atoms with Crippen molar-refractivity contribution in [3.05, 3.63) is 4.88 Å². The average Bonchev–Trinajstić information content (AvgIpc) is 2.53. The minimum atomic E-state index is -0.00981. The molecule has 2 N–H and O–H groups in total. The van der Waals surface area contributed by atoms with Crippen LogP contribution in [0, 0.1) is 0 Å². The van der Waals surface area contributed by atoms with Crippen LogP contribution in [0.3, 0.4) is 0 Å². The van der Waals surface area contributed by atoms with E-state index in [4.69, 9.17) is 5.73 Å². The highest BCUT2D eigenvalue weighted by atomic mass is 32.1. The van der Waals surface area contributed by atoms with Gasteiger partial charge in [0.05, 0.1) is 0 Å². The number of anilines is 1. The third-order valence-corrected chi connectivity index (χ3v) is 3.33. The summed E-state index contributed by atoms with van der Waals surface area (Å²) in [5.41, 5.74) is 5.58. The van der Waals surface area contributed by atoms with Gasteiger partial charge in [0, 0.05) is 13.1 Å². The van der Waals surface area contributed by atoms with Crippen LogP contribution in [0.1, 0.15) is 35.4 Å². The number of carbonyl (C=O) groups excluding carboxylic acids is 1. The predicted molar refractivity (Wildman–Crippen MR) is 58.7 cm³/mol. The summed E-state index contributed by atoms with van der Waals surface area (Å²) in [4.78, 5) is 14.4. The van der Waals surface area contributed by atoms with E-state index in [2.05, 4.69) is 9.59 Å². The van der Waals surface area contributed by atoms with E-state index in [1.165, 1.54) is 12.8 Å². The Bertz CT molecular complexity index is 344. The lowest BCUT2D eigenvalue weighted by Gasteiger charge is -2.18. The first-order chi connectivity index (χ1) is 7.29. The summed E-state index contributed by atoms with van der Waals surface area (Å²) >= 11 is 1.08. The molecule has 0 aromatic carbocycles. The highest BCUT2D eigenvalue weighted by Gasteiger charge is 2.21. The molecule has 5 nitrogen and oxygen atoms in total. The zero-order valence-corrected chi connectivity index (χ0v) is 9.29. The van der Waals surface area contributed by atoms with E-state index >= 15 is 0 Å². The molecule has 1 aliphatic heterocycles. The Kier molecular flexibility index (Phi) is 3.15. The van der Waals surface area contributed by atoms with E-state index in [1.807, 2.05) is 4.90 Å². The molecule has 2 rings (SSSR count). The van der Waals surface area contributed by atoms with Gasteiger partial charge in [0.2, 0.25) is 0 Å². The summed E-state index contributed by atoms with van der Waals surface area (Å²) < 4.78 is 3.68. The van der Waals surface area contributed by atoms with E-state index in [9.17, 15) is 4.79 Å². The molecule has 0 aliphatic carbocycles. The van der Waals surface area contributed by atoms with Crippen molar-refractivity contribution >= 4 is 23.3 Å². The lowest BCUT2D eigenvalue weighted by molar-refractivity contribution is 0.0767. The van der Waals surface area contributed by atoms with Crippen LogP contribution in [0.25, 0.3) is 0 Å². The van der Waals surface area contributed by atoms with Crippen molar-refractivity contribution in [1.82, 2.24) is 14.5 Å². The number of nitrogens with zero attached hydrogens (tertiary/aromatic N) is 3. The summed E-state index contributed by atoms with van der Waals surface area (Å²) in [5.74, 6) is 0.249. The molecule has 0 bridgehead atoms. The van der Waals surface area contributed by atoms with E-state index in [0.29, 0.717) is 4.88 Å². The molecule has 0 atom stereocenters. The predicted octanol–water partition coefficient (Wildman–Crippen LogP) is 1.14. The Morgan fingerprint density at radius 2 is 1.93 bits per heavy atom. The number of nitrogens with two attached hydrogens (primary N) is 1. The van der Waals surface area contributed by atoms with E-state index in [1.54, 1.807) is 0 Å². The molecule has 0 spiro atoms. The molecule has 0 radical (unpaired) electrons. The van der Waals surface area contributed by atoms with Gasteiger partial charge in [-0.15, -0.1) is 5.10 Å². The molecule has 0 saturated carbocycles. The topological polar surface area (TPSA) is 72.1 Å². The minimum Gasteiger partial charge on any atom is -0.381 e. The molecule has 1 aliphatic rings. The van der Waals surface area contributed by atoms with Gasteiger partial charge in [0.15, 0.2) is 10.7 Å². The normalized spacial score (nSPS) is 17.5. The lowest BCUT2D eigenvalue weighted by Crippen LogP contribution is -2.31. The molecule has 1 aromatic heterocycles. The van der Waals surface area contributed by atoms with Crippen LogP contribution in [0.5, 0.6) is 0 Å². The number of likely N-dealkylation sites (tertiary alicyclic amines) is 1. The third kappa shape index (κ3) is 2.26. The Labute approximate surface area is 92.4 Å². The quantitative estimate of drug-likeness (QED) is 0.779. The van der Waals surface area contributed by atoms with E-state index < -0.39 is 0 Å². The standard InChI is InChI=1S/C9H14N4OS/c10-8-7(15-12-11-8)9(14)13-5-3-1-2-4-6-13/h1-6,10H2. The van der Waals surface area contributed by atoms with Crippen LogP contribution in [0.2, 0.25) is 0 Å². The van der Waals surface area contributed by atoms with Crippen LogP contribution >= 0.6 is 11.5 Å². The van der Waals surface area contributed by atoms with Crippen LogP contribution < -0.4 is 5.73 Å². The molecule has 15 heavy (non-hydrogen) atoms. The molecule has 0 unspecified atom stereocenters. The van der Waals surface area contributed by atoms with Gasteiger partial charge in [0.1, 0.15) is 0 Å². The number of aromatic nitrogens is 2. The molecule has 1 saturated heterocycles. The first-order valence-corrected chi connectivity index (χ1v) is 5.93. The number of nitrogen functional groups attached to an aromatic ring is 1. The zero-order chi connectivity index (χ0) is 10.7. The fourth-order valence-corrected chi connectivity index (χ4v) is 2.32. The molecule has 1 fully saturated rings. The Balaban J connectivity index is 2.09. The zero-order valence-electron chi connectivity index (χ0n) is 8.48. The van der Waals surface area contributed by atoms with Crippen LogP contribution in [-0.2, 0) is 0 Å². The van der Waals surface area contributed by atoms with E-state index in [-0.39, 0.29) is 11.7 Å². The minimum absolute atomic E-state index is 0.00981. The highest BCUT2D eigenvalue weighted by Crippen LogP contribution is 2.18. The second-order valence-electron chi connectivity index (χ2n) is 3.69.